The van der Waals surface area contributed by atoms with Crippen LogP contribution in [0.25, 0.3) is 0 Å². The van der Waals surface area contributed by atoms with E-state index in [9.17, 15) is 4.79 Å². The fourth-order valence-electron chi connectivity index (χ4n) is 3.40. The summed E-state index contributed by atoms with van der Waals surface area (Å²) in [4.78, 5) is 18.8. The standard InChI is InChI=1S/C19H34N4O/c1-4-20-19(21-12-10-16-8-6-5-7-9-16)22-17-11-13-23(14-17)18(24)15(2)3/h8,15,17H,4-7,9-14H2,1-3H3,(H2,20,21,22). The molecule has 0 spiro atoms. The van der Waals surface area contributed by atoms with Gasteiger partial charge in [0.25, 0.3) is 0 Å². The second-order valence-electron chi connectivity index (χ2n) is 7.19. The third-order valence-electron chi connectivity index (χ3n) is 4.77. The Kier molecular flexibility index (Phi) is 7.60. The average molecular weight is 335 g/mol. The predicted molar refractivity (Wildman–Crippen MR) is 100 cm³/mol. The van der Waals surface area contributed by atoms with Crippen LogP contribution < -0.4 is 10.6 Å². The number of nitrogens with zero attached hydrogens (tertiary/aromatic N) is 2. The van der Waals surface area contributed by atoms with Gasteiger partial charge in [-0.3, -0.25) is 9.79 Å². The van der Waals surface area contributed by atoms with Gasteiger partial charge in [-0.1, -0.05) is 25.5 Å². The van der Waals surface area contributed by atoms with Crippen molar-refractivity contribution in [3.8, 4) is 0 Å². The Morgan fingerprint density at radius 2 is 2.25 bits per heavy atom. The molecule has 0 aromatic carbocycles. The van der Waals surface area contributed by atoms with Crippen LogP contribution in [0, 0.1) is 5.92 Å². The molecule has 1 saturated heterocycles. The molecule has 2 rings (SSSR count). The smallest absolute Gasteiger partial charge is 0.225 e. The number of hydrogen-bond acceptors (Lipinski definition) is 2. The van der Waals surface area contributed by atoms with E-state index >= 15 is 0 Å². The van der Waals surface area contributed by atoms with Crippen LogP contribution in [0.15, 0.2) is 16.6 Å². The number of guanidine groups is 1. The van der Waals surface area contributed by atoms with Crippen LogP contribution in [0.1, 0.15) is 59.3 Å². The van der Waals surface area contributed by atoms with Crippen molar-refractivity contribution in [3.63, 3.8) is 0 Å². The van der Waals surface area contributed by atoms with Gasteiger partial charge in [0, 0.05) is 38.1 Å². The minimum atomic E-state index is 0.0782. The highest BCUT2D eigenvalue weighted by Crippen LogP contribution is 2.19. The first-order valence-electron chi connectivity index (χ1n) is 9.61. The van der Waals surface area contributed by atoms with Gasteiger partial charge in [-0.2, -0.15) is 0 Å². The van der Waals surface area contributed by atoms with Gasteiger partial charge in [0.2, 0.25) is 5.91 Å². The van der Waals surface area contributed by atoms with E-state index in [1.165, 1.54) is 25.7 Å². The van der Waals surface area contributed by atoms with Gasteiger partial charge in [-0.25, -0.2) is 0 Å². The number of rotatable bonds is 6. The molecule has 0 saturated carbocycles. The molecular weight excluding hydrogens is 300 g/mol. The van der Waals surface area contributed by atoms with Gasteiger partial charge in [0.15, 0.2) is 5.96 Å². The summed E-state index contributed by atoms with van der Waals surface area (Å²) in [6, 6.07) is 0.305. The van der Waals surface area contributed by atoms with Crippen molar-refractivity contribution in [2.24, 2.45) is 10.9 Å². The Bertz CT molecular complexity index is 470. The molecule has 1 aliphatic heterocycles. The third kappa shape index (κ3) is 5.84. The number of amides is 1. The topological polar surface area (TPSA) is 56.7 Å². The van der Waals surface area contributed by atoms with Crippen LogP contribution in [0.2, 0.25) is 0 Å². The Morgan fingerprint density at radius 3 is 2.92 bits per heavy atom. The summed E-state index contributed by atoms with van der Waals surface area (Å²) in [6.45, 7) is 9.35. The zero-order chi connectivity index (χ0) is 17.4. The molecule has 5 nitrogen and oxygen atoms in total. The van der Waals surface area contributed by atoms with E-state index in [-0.39, 0.29) is 11.8 Å². The Morgan fingerprint density at radius 1 is 1.42 bits per heavy atom. The zero-order valence-corrected chi connectivity index (χ0v) is 15.6. The van der Waals surface area contributed by atoms with Crippen LogP contribution in [0.3, 0.4) is 0 Å². The van der Waals surface area contributed by atoms with Gasteiger partial charge in [-0.15, -0.1) is 0 Å². The van der Waals surface area contributed by atoms with E-state index in [0.717, 1.165) is 45.0 Å². The van der Waals surface area contributed by atoms with E-state index in [4.69, 9.17) is 4.99 Å². The van der Waals surface area contributed by atoms with E-state index in [2.05, 4.69) is 23.6 Å². The van der Waals surface area contributed by atoms with E-state index < -0.39 is 0 Å². The summed E-state index contributed by atoms with van der Waals surface area (Å²) in [6.07, 6.45) is 9.60. The molecular formula is C19H34N4O. The predicted octanol–water partition coefficient (Wildman–Crippen LogP) is 2.69. The molecule has 1 amide bonds. The lowest BCUT2D eigenvalue weighted by Gasteiger charge is -2.20. The van der Waals surface area contributed by atoms with Crippen molar-refractivity contribution >= 4 is 11.9 Å². The quantitative estimate of drug-likeness (QED) is 0.446. The van der Waals surface area contributed by atoms with Crippen LogP contribution >= 0.6 is 0 Å². The Balaban J connectivity index is 1.81. The molecule has 0 radical (unpaired) electrons. The second-order valence-corrected chi connectivity index (χ2v) is 7.19. The summed E-state index contributed by atoms with van der Waals surface area (Å²) < 4.78 is 0. The first-order chi connectivity index (χ1) is 11.6. The summed E-state index contributed by atoms with van der Waals surface area (Å²) in [5.74, 6) is 1.22. The Labute approximate surface area is 147 Å². The molecule has 136 valence electrons. The molecule has 1 heterocycles. The molecule has 0 bridgehead atoms. The van der Waals surface area contributed by atoms with Crippen LogP contribution in [-0.2, 0) is 4.79 Å². The van der Waals surface area contributed by atoms with Gasteiger partial charge in [0.05, 0.1) is 0 Å². The first-order valence-corrected chi connectivity index (χ1v) is 9.61. The summed E-state index contributed by atoms with van der Waals surface area (Å²) >= 11 is 0. The zero-order valence-electron chi connectivity index (χ0n) is 15.6. The minimum Gasteiger partial charge on any atom is -0.357 e. The number of nitrogens with one attached hydrogen (secondary N) is 2. The fraction of sp³-hybridized carbons (Fsp3) is 0.789. The molecule has 24 heavy (non-hydrogen) atoms. The number of carbonyl (C=O) groups is 1. The van der Waals surface area contributed by atoms with Crippen molar-refractivity contribution in [1.29, 1.82) is 0 Å². The monoisotopic (exact) mass is 334 g/mol. The molecule has 2 aliphatic rings. The number of hydrogen-bond donors (Lipinski definition) is 2. The molecule has 5 heteroatoms. The summed E-state index contributed by atoms with van der Waals surface area (Å²) in [7, 11) is 0. The molecule has 0 aromatic rings. The van der Waals surface area contributed by atoms with E-state index in [0.29, 0.717) is 6.04 Å². The number of allylic oxidation sites excluding steroid dienone is 1. The molecule has 0 aromatic heterocycles. The number of likely N-dealkylation sites (tertiary alicyclic amines) is 1. The SMILES string of the molecule is CCNC(=NCCC1=CCCCC1)NC1CCN(C(=O)C(C)C)C1. The fourth-order valence-corrected chi connectivity index (χ4v) is 3.40. The lowest BCUT2D eigenvalue weighted by Crippen LogP contribution is -2.45. The van der Waals surface area contributed by atoms with Gasteiger partial charge < -0.3 is 15.5 Å². The maximum absolute atomic E-state index is 12.1. The minimum absolute atomic E-state index is 0.0782. The first kappa shape index (κ1) is 18.8. The number of carbonyl (C=O) groups excluding carboxylic acids is 1. The number of aliphatic imine (C=N–C) groups is 1. The normalized spacial score (nSPS) is 21.8. The molecule has 1 aliphatic carbocycles. The highest BCUT2D eigenvalue weighted by molar-refractivity contribution is 5.81. The largest absolute Gasteiger partial charge is 0.357 e. The lowest BCUT2D eigenvalue weighted by molar-refractivity contribution is -0.133. The van der Waals surface area contributed by atoms with Gasteiger partial charge >= 0.3 is 0 Å². The average Bonchev–Trinajstić information content (AvgIpc) is 3.03. The van der Waals surface area contributed by atoms with E-state index in [1.807, 2.05) is 18.7 Å². The third-order valence-corrected chi connectivity index (χ3v) is 4.77. The van der Waals surface area contributed by atoms with Crippen LogP contribution in [0.4, 0.5) is 0 Å². The van der Waals surface area contributed by atoms with E-state index in [1.54, 1.807) is 5.57 Å². The van der Waals surface area contributed by atoms with Crippen molar-refractivity contribution in [2.75, 3.05) is 26.2 Å². The van der Waals surface area contributed by atoms with Crippen molar-refractivity contribution in [2.45, 2.75) is 65.3 Å². The highest BCUT2D eigenvalue weighted by atomic mass is 16.2. The van der Waals surface area contributed by atoms with Crippen molar-refractivity contribution < 1.29 is 4.79 Å². The summed E-state index contributed by atoms with van der Waals surface area (Å²) in [5.41, 5.74) is 1.57. The molecule has 1 unspecified atom stereocenters. The van der Waals surface area contributed by atoms with Gasteiger partial charge in [-0.05, 0) is 45.4 Å². The maximum Gasteiger partial charge on any atom is 0.225 e. The molecule has 1 atom stereocenters. The summed E-state index contributed by atoms with van der Waals surface area (Å²) in [5, 5.41) is 6.83. The maximum atomic E-state index is 12.1. The molecule has 1 fully saturated rings. The lowest BCUT2D eigenvalue weighted by atomic mass is 9.97. The van der Waals surface area contributed by atoms with Crippen LogP contribution in [0.5, 0.6) is 0 Å². The van der Waals surface area contributed by atoms with Crippen LogP contribution in [-0.4, -0.2) is 49.0 Å². The highest BCUT2D eigenvalue weighted by Gasteiger charge is 2.27. The second kappa shape index (κ2) is 9.70. The Hall–Kier alpha value is -1.52. The van der Waals surface area contributed by atoms with Gasteiger partial charge in [0.1, 0.15) is 0 Å². The molecule has 2 N–H and O–H groups in total. The van der Waals surface area contributed by atoms with Crippen molar-refractivity contribution in [3.05, 3.63) is 11.6 Å². The van der Waals surface area contributed by atoms with Crippen molar-refractivity contribution in [1.82, 2.24) is 15.5 Å².